The Hall–Kier alpha value is -0.460. The number of halogens is 1. The van der Waals surface area contributed by atoms with Gasteiger partial charge in [-0.25, -0.2) is 0 Å². The Labute approximate surface area is 118 Å². The maximum atomic E-state index is 12.2. The van der Waals surface area contributed by atoms with Crippen LogP contribution in [-0.4, -0.2) is 65.5 Å². The zero-order valence-corrected chi connectivity index (χ0v) is 12.2. The maximum absolute atomic E-state index is 12.2. The quantitative estimate of drug-likeness (QED) is 0.748. The van der Waals surface area contributed by atoms with Gasteiger partial charge in [0.15, 0.2) is 0 Å². The van der Waals surface area contributed by atoms with E-state index in [-0.39, 0.29) is 30.3 Å². The molecule has 1 N–H and O–H groups in total. The van der Waals surface area contributed by atoms with E-state index in [9.17, 15) is 9.59 Å². The Morgan fingerprint density at radius 2 is 1.83 bits per heavy atom. The van der Waals surface area contributed by atoms with E-state index in [4.69, 9.17) is 0 Å². The smallest absolute Gasteiger partial charge is 0.240 e. The summed E-state index contributed by atoms with van der Waals surface area (Å²) in [5.74, 6) is 2.03. The molecule has 0 aliphatic carbocycles. The van der Waals surface area contributed by atoms with Crippen molar-refractivity contribution in [1.29, 1.82) is 0 Å². The third-order valence-corrected chi connectivity index (χ3v) is 4.21. The molecule has 0 bridgehead atoms. The summed E-state index contributed by atoms with van der Waals surface area (Å²) in [6, 6.07) is -0.0242. The number of carbonyl (C=O) groups is 2. The van der Waals surface area contributed by atoms with Crippen molar-refractivity contribution < 1.29 is 9.59 Å². The van der Waals surface area contributed by atoms with Crippen LogP contribution in [0.2, 0.25) is 0 Å². The zero-order chi connectivity index (χ0) is 12.3. The minimum absolute atomic E-state index is 0. The van der Waals surface area contributed by atoms with Gasteiger partial charge in [-0.05, 0) is 6.42 Å². The first-order valence-corrected chi connectivity index (χ1v) is 7.19. The predicted molar refractivity (Wildman–Crippen MR) is 74.9 cm³/mol. The molecule has 18 heavy (non-hydrogen) atoms. The number of thioether (sulfide) groups is 1. The second-order valence-corrected chi connectivity index (χ2v) is 5.49. The Bertz CT molecular complexity index is 311. The standard InChI is InChI=1S/C11H19N3O2S.ClH/c1-9(15)13-3-2-4-14(6-5-13)11(16)10-7-17-8-12-10;/h10,12H,2-8H2,1H3;1H/t10-;/m1./s1. The Morgan fingerprint density at radius 3 is 2.44 bits per heavy atom. The molecule has 0 unspecified atom stereocenters. The highest BCUT2D eigenvalue weighted by Crippen LogP contribution is 2.13. The highest BCUT2D eigenvalue weighted by atomic mass is 35.5. The molecule has 104 valence electrons. The summed E-state index contributed by atoms with van der Waals surface area (Å²) in [4.78, 5) is 27.2. The van der Waals surface area contributed by atoms with Crippen LogP contribution in [0.4, 0.5) is 0 Å². The van der Waals surface area contributed by atoms with Crippen LogP contribution in [0, 0.1) is 0 Å². The molecule has 2 fully saturated rings. The van der Waals surface area contributed by atoms with Gasteiger partial charge in [0.2, 0.25) is 11.8 Å². The van der Waals surface area contributed by atoms with Gasteiger partial charge >= 0.3 is 0 Å². The van der Waals surface area contributed by atoms with Gasteiger partial charge in [0, 0.05) is 44.7 Å². The van der Waals surface area contributed by atoms with Crippen LogP contribution >= 0.6 is 24.2 Å². The number of hydrogen-bond donors (Lipinski definition) is 1. The first-order chi connectivity index (χ1) is 8.18. The van der Waals surface area contributed by atoms with E-state index in [1.165, 1.54) is 0 Å². The summed E-state index contributed by atoms with van der Waals surface area (Å²) >= 11 is 1.76. The molecule has 0 aromatic carbocycles. The lowest BCUT2D eigenvalue weighted by molar-refractivity contribution is -0.133. The van der Waals surface area contributed by atoms with E-state index in [0.29, 0.717) is 13.1 Å². The van der Waals surface area contributed by atoms with Gasteiger partial charge in [-0.3, -0.25) is 14.9 Å². The van der Waals surface area contributed by atoms with Crippen molar-refractivity contribution in [3.63, 3.8) is 0 Å². The Balaban J connectivity index is 0.00000162. The van der Waals surface area contributed by atoms with E-state index >= 15 is 0 Å². The average molecular weight is 294 g/mol. The highest BCUT2D eigenvalue weighted by Gasteiger charge is 2.28. The fraction of sp³-hybridized carbons (Fsp3) is 0.818. The number of carbonyl (C=O) groups excluding carboxylic acids is 2. The summed E-state index contributed by atoms with van der Waals surface area (Å²) in [6.07, 6.45) is 0.880. The first kappa shape index (κ1) is 15.6. The summed E-state index contributed by atoms with van der Waals surface area (Å²) in [5, 5.41) is 3.20. The fourth-order valence-electron chi connectivity index (χ4n) is 2.23. The van der Waals surface area contributed by atoms with Crippen LogP contribution in [0.1, 0.15) is 13.3 Å². The van der Waals surface area contributed by atoms with Crippen molar-refractivity contribution in [2.24, 2.45) is 0 Å². The van der Waals surface area contributed by atoms with Gasteiger partial charge in [-0.1, -0.05) is 0 Å². The molecule has 2 aliphatic rings. The maximum Gasteiger partial charge on any atom is 0.240 e. The molecule has 0 radical (unpaired) electrons. The third-order valence-electron chi connectivity index (χ3n) is 3.27. The minimum atomic E-state index is -0.0242. The van der Waals surface area contributed by atoms with Crippen LogP contribution in [0.3, 0.4) is 0 Å². The summed E-state index contributed by atoms with van der Waals surface area (Å²) in [6.45, 7) is 4.46. The molecule has 2 amide bonds. The number of amides is 2. The molecule has 0 aromatic rings. The van der Waals surface area contributed by atoms with Crippen molar-refractivity contribution in [2.45, 2.75) is 19.4 Å². The van der Waals surface area contributed by atoms with Gasteiger partial charge in [-0.2, -0.15) is 0 Å². The average Bonchev–Trinajstić information content (AvgIpc) is 2.71. The van der Waals surface area contributed by atoms with Crippen molar-refractivity contribution in [1.82, 2.24) is 15.1 Å². The van der Waals surface area contributed by atoms with Crippen LogP contribution < -0.4 is 5.32 Å². The van der Waals surface area contributed by atoms with Crippen molar-refractivity contribution in [2.75, 3.05) is 37.8 Å². The summed E-state index contributed by atoms with van der Waals surface area (Å²) in [5.41, 5.74) is 0. The van der Waals surface area contributed by atoms with Gasteiger partial charge in [0.1, 0.15) is 0 Å². The Morgan fingerprint density at radius 1 is 1.17 bits per heavy atom. The zero-order valence-electron chi connectivity index (χ0n) is 10.6. The van der Waals surface area contributed by atoms with Gasteiger partial charge < -0.3 is 9.80 Å². The molecule has 0 spiro atoms. The Kier molecular flexibility index (Phi) is 6.25. The van der Waals surface area contributed by atoms with Crippen LogP contribution in [0.5, 0.6) is 0 Å². The molecular weight excluding hydrogens is 274 g/mol. The van der Waals surface area contributed by atoms with Crippen molar-refractivity contribution in [3.8, 4) is 0 Å². The molecule has 5 nitrogen and oxygen atoms in total. The van der Waals surface area contributed by atoms with E-state index in [1.54, 1.807) is 18.7 Å². The lowest BCUT2D eigenvalue weighted by Gasteiger charge is -2.24. The second kappa shape index (κ2) is 7.21. The lowest BCUT2D eigenvalue weighted by Crippen LogP contribution is -2.46. The van der Waals surface area contributed by atoms with E-state index in [1.807, 2.05) is 9.80 Å². The van der Waals surface area contributed by atoms with E-state index < -0.39 is 0 Å². The van der Waals surface area contributed by atoms with Crippen LogP contribution in [0.15, 0.2) is 0 Å². The summed E-state index contributed by atoms with van der Waals surface area (Å²) < 4.78 is 0. The number of nitrogens with zero attached hydrogens (tertiary/aromatic N) is 2. The van der Waals surface area contributed by atoms with E-state index in [0.717, 1.165) is 31.1 Å². The molecule has 1 atom stereocenters. The normalized spacial score (nSPS) is 24.4. The number of nitrogens with one attached hydrogen (secondary N) is 1. The molecule has 0 saturated carbocycles. The molecular formula is C11H20ClN3O2S. The fourth-order valence-corrected chi connectivity index (χ4v) is 3.16. The van der Waals surface area contributed by atoms with E-state index in [2.05, 4.69) is 5.32 Å². The molecule has 7 heteroatoms. The monoisotopic (exact) mass is 293 g/mol. The largest absolute Gasteiger partial charge is 0.341 e. The summed E-state index contributed by atoms with van der Waals surface area (Å²) in [7, 11) is 0. The van der Waals surface area contributed by atoms with Crippen LogP contribution in [0.25, 0.3) is 0 Å². The second-order valence-electron chi connectivity index (χ2n) is 4.46. The van der Waals surface area contributed by atoms with Gasteiger partial charge in [0.25, 0.3) is 0 Å². The van der Waals surface area contributed by atoms with Gasteiger partial charge in [0.05, 0.1) is 6.04 Å². The molecule has 2 saturated heterocycles. The molecule has 2 aliphatic heterocycles. The SMILES string of the molecule is CC(=O)N1CCCN(C(=O)[C@H]2CSCN2)CC1.Cl. The van der Waals surface area contributed by atoms with Crippen molar-refractivity contribution >= 4 is 36.0 Å². The minimum Gasteiger partial charge on any atom is -0.341 e. The molecule has 2 rings (SSSR count). The number of rotatable bonds is 1. The topological polar surface area (TPSA) is 52.7 Å². The predicted octanol–water partition coefficient (Wildman–Crippen LogP) is 0.151. The number of hydrogen-bond acceptors (Lipinski definition) is 4. The van der Waals surface area contributed by atoms with Crippen molar-refractivity contribution in [3.05, 3.63) is 0 Å². The highest BCUT2D eigenvalue weighted by molar-refractivity contribution is 7.99. The molecule has 0 aromatic heterocycles. The first-order valence-electron chi connectivity index (χ1n) is 6.04. The lowest BCUT2D eigenvalue weighted by atomic mass is 10.2. The van der Waals surface area contributed by atoms with Gasteiger partial charge in [-0.15, -0.1) is 24.2 Å². The molecule has 2 heterocycles. The third kappa shape index (κ3) is 3.76. The van der Waals surface area contributed by atoms with Crippen LogP contribution in [-0.2, 0) is 9.59 Å².